The largest absolute Gasteiger partial charge is 0.493 e. The molecule has 0 aliphatic carbocycles. The molecule has 0 unspecified atom stereocenters. The van der Waals surface area contributed by atoms with Crippen LogP contribution in [0.1, 0.15) is 33.7 Å². The minimum atomic E-state index is -0.155. The molecule has 28 heavy (non-hydrogen) atoms. The third-order valence-corrected chi connectivity index (χ3v) is 4.48. The van der Waals surface area contributed by atoms with Gasteiger partial charge in [-0.2, -0.15) is 0 Å². The number of benzene rings is 2. The van der Waals surface area contributed by atoms with Crippen molar-refractivity contribution in [2.45, 2.75) is 26.8 Å². The fraction of sp³-hybridized carbons (Fsp3) is 0.273. The molecule has 3 rings (SSSR count). The molecule has 1 aromatic heterocycles. The van der Waals surface area contributed by atoms with Gasteiger partial charge in [-0.05, 0) is 62.2 Å². The first-order chi connectivity index (χ1) is 13.6. The van der Waals surface area contributed by atoms with Gasteiger partial charge in [-0.25, -0.2) is 4.98 Å². The van der Waals surface area contributed by atoms with Gasteiger partial charge in [0.05, 0.1) is 12.2 Å². The van der Waals surface area contributed by atoms with Crippen molar-refractivity contribution in [1.82, 2.24) is 14.9 Å². The summed E-state index contributed by atoms with van der Waals surface area (Å²) in [4.78, 5) is 16.9. The molecule has 0 fully saturated rings. The highest BCUT2D eigenvalue weighted by molar-refractivity contribution is 5.97. The van der Waals surface area contributed by atoms with E-state index >= 15 is 0 Å². The molecule has 3 N–H and O–H groups in total. The third kappa shape index (κ3) is 4.78. The molecule has 0 bridgehead atoms. The zero-order chi connectivity index (χ0) is 19.9. The Kier molecular flexibility index (Phi) is 6.45. The van der Waals surface area contributed by atoms with E-state index in [1.807, 2.05) is 61.0 Å². The number of carbonyl (C=O) groups excluding carboxylic acids is 1. The molecule has 0 spiro atoms. The van der Waals surface area contributed by atoms with Gasteiger partial charge in [0.1, 0.15) is 11.6 Å². The van der Waals surface area contributed by atoms with Gasteiger partial charge in [0.15, 0.2) is 0 Å². The molecule has 1 heterocycles. The van der Waals surface area contributed by atoms with E-state index in [-0.39, 0.29) is 5.91 Å². The highest BCUT2D eigenvalue weighted by Crippen LogP contribution is 2.21. The minimum absolute atomic E-state index is 0.155. The SMILES string of the molecule is Cc1ccc(C(=O)NCc2ccc(-n3ccnc3C)cc2)c(OCCCN)c1. The number of nitrogens with one attached hydrogen (secondary N) is 1. The third-order valence-electron chi connectivity index (χ3n) is 4.48. The van der Waals surface area contributed by atoms with E-state index in [0.29, 0.717) is 31.0 Å². The number of nitrogens with zero attached hydrogens (tertiary/aromatic N) is 2. The quantitative estimate of drug-likeness (QED) is 0.590. The number of ether oxygens (including phenoxy) is 1. The van der Waals surface area contributed by atoms with Crippen LogP contribution in [-0.2, 0) is 6.54 Å². The number of nitrogens with two attached hydrogens (primary N) is 1. The summed E-state index contributed by atoms with van der Waals surface area (Å²) in [6.45, 7) is 5.43. The van der Waals surface area contributed by atoms with Crippen LogP contribution in [-0.4, -0.2) is 28.6 Å². The molecule has 0 saturated heterocycles. The highest BCUT2D eigenvalue weighted by Gasteiger charge is 2.13. The van der Waals surface area contributed by atoms with Gasteiger partial charge in [-0.3, -0.25) is 4.79 Å². The fourth-order valence-corrected chi connectivity index (χ4v) is 2.90. The van der Waals surface area contributed by atoms with Gasteiger partial charge in [0.25, 0.3) is 5.91 Å². The van der Waals surface area contributed by atoms with E-state index in [1.54, 1.807) is 12.3 Å². The first-order valence-corrected chi connectivity index (χ1v) is 9.39. The number of hydrogen-bond donors (Lipinski definition) is 2. The van der Waals surface area contributed by atoms with Crippen molar-refractivity contribution >= 4 is 5.91 Å². The summed E-state index contributed by atoms with van der Waals surface area (Å²) >= 11 is 0. The van der Waals surface area contributed by atoms with E-state index in [0.717, 1.165) is 29.1 Å². The molecule has 2 aromatic carbocycles. The Hall–Kier alpha value is -3.12. The van der Waals surface area contributed by atoms with Gasteiger partial charge >= 0.3 is 0 Å². The van der Waals surface area contributed by atoms with Gasteiger partial charge in [0.2, 0.25) is 0 Å². The summed E-state index contributed by atoms with van der Waals surface area (Å²) in [5.41, 5.74) is 9.16. The van der Waals surface area contributed by atoms with E-state index in [2.05, 4.69) is 10.3 Å². The monoisotopic (exact) mass is 378 g/mol. The average Bonchev–Trinajstić information content (AvgIpc) is 3.13. The van der Waals surface area contributed by atoms with E-state index in [4.69, 9.17) is 10.5 Å². The van der Waals surface area contributed by atoms with Crippen LogP contribution in [0.25, 0.3) is 5.69 Å². The zero-order valence-electron chi connectivity index (χ0n) is 16.3. The van der Waals surface area contributed by atoms with Crippen LogP contribution in [0.5, 0.6) is 5.75 Å². The van der Waals surface area contributed by atoms with Crippen LogP contribution >= 0.6 is 0 Å². The normalized spacial score (nSPS) is 10.7. The maximum absolute atomic E-state index is 12.7. The van der Waals surface area contributed by atoms with Crippen molar-refractivity contribution in [3.63, 3.8) is 0 Å². The lowest BCUT2D eigenvalue weighted by molar-refractivity contribution is 0.0947. The molecular formula is C22H26N4O2. The van der Waals surface area contributed by atoms with Gasteiger partial charge in [0, 0.05) is 24.6 Å². The summed E-state index contributed by atoms with van der Waals surface area (Å²) < 4.78 is 7.76. The van der Waals surface area contributed by atoms with Crippen molar-refractivity contribution in [2.24, 2.45) is 5.73 Å². The van der Waals surface area contributed by atoms with Crippen LogP contribution in [0.3, 0.4) is 0 Å². The van der Waals surface area contributed by atoms with Crippen LogP contribution in [0.4, 0.5) is 0 Å². The molecule has 6 nitrogen and oxygen atoms in total. The van der Waals surface area contributed by atoms with E-state index in [1.165, 1.54) is 0 Å². The number of imidazole rings is 1. The zero-order valence-corrected chi connectivity index (χ0v) is 16.3. The maximum Gasteiger partial charge on any atom is 0.255 e. The molecule has 6 heteroatoms. The number of aromatic nitrogens is 2. The van der Waals surface area contributed by atoms with Crippen LogP contribution in [0, 0.1) is 13.8 Å². The maximum atomic E-state index is 12.7. The smallest absolute Gasteiger partial charge is 0.255 e. The number of rotatable bonds is 8. The Morgan fingerprint density at radius 2 is 1.96 bits per heavy atom. The predicted octanol–water partition coefficient (Wildman–Crippen LogP) is 3.15. The number of hydrogen-bond acceptors (Lipinski definition) is 4. The van der Waals surface area contributed by atoms with Gasteiger partial charge in [-0.15, -0.1) is 0 Å². The molecule has 0 saturated carbocycles. The molecule has 1 amide bonds. The fourth-order valence-electron chi connectivity index (χ4n) is 2.90. The standard InChI is InChI=1S/C22H26N4O2/c1-16-4-9-20(21(14-16)28-13-3-10-23)22(27)25-15-18-5-7-19(8-6-18)26-12-11-24-17(26)2/h4-9,11-12,14H,3,10,13,15,23H2,1-2H3,(H,25,27). The molecule has 146 valence electrons. The van der Waals surface area contributed by atoms with Crippen LogP contribution in [0.2, 0.25) is 0 Å². The van der Waals surface area contributed by atoms with Crippen LogP contribution in [0.15, 0.2) is 54.9 Å². The van der Waals surface area contributed by atoms with Crippen molar-refractivity contribution in [3.05, 3.63) is 77.4 Å². The lowest BCUT2D eigenvalue weighted by Gasteiger charge is -2.13. The van der Waals surface area contributed by atoms with E-state index < -0.39 is 0 Å². The Morgan fingerprint density at radius 3 is 2.64 bits per heavy atom. The number of carbonyl (C=O) groups is 1. The summed E-state index contributed by atoms with van der Waals surface area (Å²) in [5, 5.41) is 2.97. The Morgan fingerprint density at radius 1 is 1.18 bits per heavy atom. The molecule has 0 aliphatic heterocycles. The molecule has 0 aliphatic rings. The second-order valence-electron chi connectivity index (χ2n) is 6.68. The summed E-state index contributed by atoms with van der Waals surface area (Å²) in [6.07, 6.45) is 4.45. The summed E-state index contributed by atoms with van der Waals surface area (Å²) in [6, 6.07) is 13.6. The Balaban J connectivity index is 1.65. The van der Waals surface area contributed by atoms with Crippen molar-refractivity contribution < 1.29 is 9.53 Å². The first-order valence-electron chi connectivity index (χ1n) is 9.39. The number of amides is 1. The van der Waals surface area contributed by atoms with Crippen molar-refractivity contribution in [1.29, 1.82) is 0 Å². The topological polar surface area (TPSA) is 82.2 Å². The molecule has 0 radical (unpaired) electrons. The first kappa shape index (κ1) is 19.6. The molecule has 0 atom stereocenters. The lowest BCUT2D eigenvalue weighted by Crippen LogP contribution is -2.23. The predicted molar refractivity (Wildman–Crippen MR) is 110 cm³/mol. The van der Waals surface area contributed by atoms with Gasteiger partial charge < -0.3 is 20.4 Å². The summed E-state index contributed by atoms with van der Waals surface area (Å²) in [5.74, 6) is 1.37. The second kappa shape index (κ2) is 9.19. The lowest BCUT2D eigenvalue weighted by atomic mass is 10.1. The Labute approximate surface area is 165 Å². The minimum Gasteiger partial charge on any atom is -0.493 e. The van der Waals surface area contributed by atoms with Crippen LogP contribution < -0.4 is 15.8 Å². The van der Waals surface area contributed by atoms with E-state index in [9.17, 15) is 4.79 Å². The Bertz CT molecular complexity index is 932. The average molecular weight is 378 g/mol. The van der Waals surface area contributed by atoms with Crippen molar-refractivity contribution in [3.8, 4) is 11.4 Å². The molecular weight excluding hydrogens is 352 g/mol. The highest BCUT2D eigenvalue weighted by atomic mass is 16.5. The summed E-state index contributed by atoms with van der Waals surface area (Å²) in [7, 11) is 0. The molecule has 3 aromatic rings. The second-order valence-corrected chi connectivity index (χ2v) is 6.68. The number of aryl methyl sites for hydroxylation is 2. The van der Waals surface area contributed by atoms with Crippen molar-refractivity contribution in [2.75, 3.05) is 13.2 Å². The van der Waals surface area contributed by atoms with Gasteiger partial charge in [-0.1, -0.05) is 18.2 Å².